The number of rotatable bonds is 4. The molecule has 1 aromatic carbocycles. The number of nitrogens with two attached hydrogens (primary N) is 1. The molecule has 2 aromatic heterocycles. The van der Waals surface area contributed by atoms with Crippen LogP contribution in [-0.2, 0) is 10.2 Å². The van der Waals surface area contributed by atoms with Gasteiger partial charge in [-0.1, -0.05) is 26.8 Å². The van der Waals surface area contributed by atoms with E-state index in [1.54, 1.807) is 0 Å². The van der Waals surface area contributed by atoms with Crippen LogP contribution in [0.25, 0.3) is 10.9 Å². The smallest absolute Gasteiger partial charge is 0.130 e. The van der Waals surface area contributed by atoms with Gasteiger partial charge in [0.05, 0.1) is 12.3 Å². The lowest BCUT2D eigenvalue weighted by Gasteiger charge is -2.30. The van der Waals surface area contributed by atoms with E-state index < -0.39 is 0 Å². The zero-order chi connectivity index (χ0) is 19.7. The summed E-state index contributed by atoms with van der Waals surface area (Å²) in [6.07, 6.45) is 2.86. The van der Waals surface area contributed by atoms with Crippen LogP contribution in [0.2, 0.25) is 0 Å². The Labute approximate surface area is 165 Å². The van der Waals surface area contributed by atoms with Crippen molar-refractivity contribution in [2.45, 2.75) is 44.7 Å². The summed E-state index contributed by atoms with van der Waals surface area (Å²) in [5, 5.41) is 8.23. The van der Waals surface area contributed by atoms with E-state index in [9.17, 15) is 0 Å². The number of aromatic nitrogens is 2. The van der Waals surface area contributed by atoms with E-state index in [1.165, 1.54) is 0 Å². The first-order valence-electron chi connectivity index (χ1n) is 9.86. The number of hydrogen-bond acceptors (Lipinski definition) is 5. The molecule has 5 N–H and O–H groups in total. The number of nitrogens with one attached hydrogen (secondary N) is 3. The second-order valence-electron chi connectivity index (χ2n) is 8.52. The Balaban J connectivity index is 1.64. The van der Waals surface area contributed by atoms with Gasteiger partial charge in [-0.2, -0.15) is 0 Å². The van der Waals surface area contributed by atoms with Crippen LogP contribution in [0.1, 0.15) is 32.9 Å². The number of fused-ring (bicyclic) bond motifs is 1. The van der Waals surface area contributed by atoms with Crippen molar-refractivity contribution in [1.29, 1.82) is 0 Å². The third-order valence-electron chi connectivity index (χ3n) is 5.20. The first-order chi connectivity index (χ1) is 13.4. The van der Waals surface area contributed by atoms with Crippen molar-refractivity contribution in [3.8, 4) is 0 Å². The van der Waals surface area contributed by atoms with Crippen molar-refractivity contribution < 1.29 is 4.74 Å². The van der Waals surface area contributed by atoms with Crippen LogP contribution in [0.3, 0.4) is 0 Å². The van der Waals surface area contributed by atoms with Gasteiger partial charge in [0.15, 0.2) is 0 Å². The normalized spacial score (nSPS) is 20.3. The Morgan fingerprint density at radius 1 is 1.21 bits per heavy atom. The second-order valence-corrected chi connectivity index (χ2v) is 8.52. The third-order valence-corrected chi connectivity index (χ3v) is 5.20. The number of H-pyrrole nitrogens is 1. The Hall–Kier alpha value is -2.57. The average Bonchev–Trinajstić information content (AvgIpc) is 3.12. The van der Waals surface area contributed by atoms with Crippen molar-refractivity contribution in [3.05, 3.63) is 48.3 Å². The molecule has 4 rings (SSSR count). The molecule has 6 heteroatoms. The Morgan fingerprint density at radius 3 is 2.86 bits per heavy atom. The number of anilines is 3. The fourth-order valence-corrected chi connectivity index (χ4v) is 3.57. The fourth-order valence-electron chi connectivity index (χ4n) is 3.57. The molecule has 0 amide bonds. The van der Waals surface area contributed by atoms with E-state index in [4.69, 9.17) is 15.5 Å². The van der Waals surface area contributed by atoms with Gasteiger partial charge in [-0.25, -0.2) is 4.98 Å². The summed E-state index contributed by atoms with van der Waals surface area (Å²) in [5.41, 5.74) is 10.4. The van der Waals surface area contributed by atoms with Crippen LogP contribution >= 0.6 is 0 Å². The van der Waals surface area contributed by atoms with Gasteiger partial charge in [0.25, 0.3) is 0 Å². The Bertz CT molecular complexity index is 959. The number of nitrogens with zero attached hydrogens (tertiary/aromatic N) is 1. The molecule has 3 heterocycles. The molecule has 3 aromatic rings. The average molecular weight is 380 g/mol. The molecular formula is C22H29N5O. The van der Waals surface area contributed by atoms with E-state index in [2.05, 4.69) is 60.7 Å². The molecule has 1 saturated heterocycles. The lowest BCUT2D eigenvalue weighted by molar-refractivity contribution is 0.0752. The first-order valence-corrected chi connectivity index (χ1v) is 9.86. The van der Waals surface area contributed by atoms with Crippen LogP contribution in [0, 0.1) is 0 Å². The van der Waals surface area contributed by atoms with Gasteiger partial charge in [-0.15, -0.1) is 0 Å². The van der Waals surface area contributed by atoms with Crippen molar-refractivity contribution in [2.75, 3.05) is 23.8 Å². The highest BCUT2D eigenvalue weighted by Crippen LogP contribution is 2.31. The van der Waals surface area contributed by atoms with Crippen LogP contribution in [0.4, 0.5) is 17.2 Å². The predicted molar refractivity (Wildman–Crippen MR) is 115 cm³/mol. The van der Waals surface area contributed by atoms with E-state index in [0.29, 0.717) is 6.61 Å². The number of hydrogen-bond donors (Lipinski definition) is 4. The molecule has 0 spiro atoms. The Morgan fingerprint density at radius 2 is 2.07 bits per heavy atom. The van der Waals surface area contributed by atoms with Gasteiger partial charge in [-0.05, 0) is 36.8 Å². The van der Waals surface area contributed by atoms with Gasteiger partial charge in [0.1, 0.15) is 5.82 Å². The number of ether oxygens (including phenoxy) is 1. The highest BCUT2D eigenvalue weighted by molar-refractivity contribution is 5.96. The molecular weight excluding hydrogens is 350 g/mol. The summed E-state index contributed by atoms with van der Waals surface area (Å²) in [7, 11) is 0. The highest BCUT2D eigenvalue weighted by atomic mass is 16.5. The van der Waals surface area contributed by atoms with Crippen molar-refractivity contribution in [3.63, 3.8) is 0 Å². The van der Waals surface area contributed by atoms with Crippen molar-refractivity contribution in [2.24, 2.45) is 5.73 Å². The van der Waals surface area contributed by atoms with Crippen molar-refractivity contribution >= 4 is 28.1 Å². The van der Waals surface area contributed by atoms with Gasteiger partial charge < -0.3 is 26.1 Å². The van der Waals surface area contributed by atoms with E-state index in [1.807, 2.05) is 18.3 Å². The number of aromatic amines is 1. The zero-order valence-electron chi connectivity index (χ0n) is 16.8. The second kappa shape index (κ2) is 7.45. The molecule has 1 fully saturated rings. The van der Waals surface area contributed by atoms with Crippen LogP contribution in [0.5, 0.6) is 0 Å². The fraction of sp³-hybridized carbons (Fsp3) is 0.409. The van der Waals surface area contributed by atoms with E-state index >= 15 is 0 Å². The molecule has 2 atom stereocenters. The molecule has 1 aliphatic rings. The summed E-state index contributed by atoms with van der Waals surface area (Å²) in [5.74, 6) is 0.842. The zero-order valence-corrected chi connectivity index (χ0v) is 16.8. The minimum atomic E-state index is -0.00497. The highest BCUT2D eigenvalue weighted by Gasteiger charge is 2.22. The van der Waals surface area contributed by atoms with Gasteiger partial charge in [0, 0.05) is 52.6 Å². The summed E-state index contributed by atoms with van der Waals surface area (Å²) in [6.45, 7) is 7.85. The van der Waals surface area contributed by atoms with Gasteiger partial charge in [-0.3, -0.25) is 0 Å². The summed E-state index contributed by atoms with van der Waals surface area (Å²) in [6, 6.07) is 12.7. The molecule has 0 aliphatic carbocycles. The van der Waals surface area contributed by atoms with Crippen LogP contribution < -0.4 is 16.4 Å². The number of benzene rings is 1. The monoisotopic (exact) mass is 379 g/mol. The lowest BCUT2D eigenvalue weighted by Crippen LogP contribution is -2.47. The number of pyridine rings is 1. The summed E-state index contributed by atoms with van der Waals surface area (Å²) >= 11 is 0. The maximum Gasteiger partial charge on any atom is 0.130 e. The summed E-state index contributed by atoms with van der Waals surface area (Å²) in [4.78, 5) is 8.12. The van der Waals surface area contributed by atoms with Crippen molar-refractivity contribution in [1.82, 2.24) is 9.97 Å². The molecule has 6 nitrogen and oxygen atoms in total. The molecule has 1 aliphatic heterocycles. The van der Waals surface area contributed by atoms with Crippen LogP contribution in [-0.4, -0.2) is 35.3 Å². The molecule has 148 valence electrons. The maximum absolute atomic E-state index is 6.22. The van der Waals surface area contributed by atoms with Crippen LogP contribution in [0.15, 0.2) is 42.6 Å². The minimum absolute atomic E-state index is 0.00366. The standard InChI is InChI=1S/C22H29N5O/c1-22(2,3)20-5-4-6-21(27-20)26-19-12-14(11-18-15(19)7-9-24-18)25-17-8-10-28-13-16(17)23/h4-7,9,11-12,16-17,24-25H,8,10,13,23H2,1-3H3,(H,26,27)/t16-,17+/m0/s1. The Kier molecular flexibility index (Phi) is 5.00. The largest absolute Gasteiger partial charge is 0.380 e. The molecule has 0 bridgehead atoms. The molecule has 0 radical (unpaired) electrons. The predicted octanol–water partition coefficient (Wildman–Crippen LogP) is 4.13. The molecule has 0 saturated carbocycles. The first kappa shape index (κ1) is 18.8. The summed E-state index contributed by atoms with van der Waals surface area (Å²) < 4.78 is 5.46. The van der Waals surface area contributed by atoms with Gasteiger partial charge >= 0.3 is 0 Å². The third kappa shape index (κ3) is 3.98. The topological polar surface area (TPSA) is 88.0 Å². The lowest BCUT2D eigenvalue weighted by atomic mass is 9.92. The maximum atomic E-state index is 6.22. The van der Waals surface area contributed by atoms with Gasteiger partial charge in [0.2, 0.25) is 0 Å². The molecule has 28 heavy (non-hydrogen) atoms. The molecule has 0 unspecified atom stereocenters. The van der Waals surface area contributed by atoms with E-state index in [0.717, 1.165) is 46.8 Å². The minimum Gasteiger partial charge on any atom is -0.380 e. The SMILES string of the molecule is CC(C)(C)c1cccc(Nc2cc(N[C@@H]3CCOC[C@@H]3N)cc3[nH]ccc23)n1. The quantitative estimate of drug-likeness (QED) is 0.547. The van der Waals surface area contributed by atoms with E-state index in [-0.39, 0.29) is 17.5 Å².